The zero-order valence-electron chi connectivity index (χ0n) is 11.5. The highest BCUT2D eigenvalue weighted by Crippen LogP contribution is 2.20. The molecular weight excluding hydrogens is 246 g/mol. The number of likely N-dealkylation sites (N-methyl/N-ethyl adjacent to an activating group) is 1. The van der Waals surface area contributed by atoms with Crippen LogP contribution in [-0.4, -0.2) is 41.6 Å². The quantitative estimate of drug-likeness (QED) is 0.823. The number of phenols is 1. The third-order valence-electron chi connectivity index (χ3n) is 2.68. The third kappa shape index (κ3) is 3.98. The summed E-state index contributed by atoms with van der Waals surface area (Å²) < 4.78 is 4.81. The van der Waals surface area contributed by atoms with Gasteiger partial charge in [0, 0.05) is 6.54 Å². The first-order chi connectivity index (χ1) is 8.99. The van der Waals surface area contributed by atoms with Crippen molar-refractivity contribution in [2.75, 3.05) is 19.7 Å². The summed E-state index contributed by atoms with van der Waals surface area (Å²) in [6.45, 7) is 5.83. The van der Waals surface area contributed by atoms with Gasteiger partial charge < -0.3 is 14.7 Å². The van der Waals surface area contributed by atoms with Gasteiger partial charge >= 0.3 is 5.97 Å². The zero-order chi connectivity index (χ0) is 14.4. The number of nitrogens with zero attached hydrogens (tertiary/aromatic N) is 1. The summed E-state index contributed by atoms with van der Waals surface area (Å²) in [4.78, 5) is 25.0. The highest BCUT2D eigenvalue weighted by Gasteiger charge is 2.20. The molecule has 0 bridgehead atoms. The van der Waals surface area contributed by atoms with Gasteiger partial charge in [-0.25, -0.2) is 0 Å². The standard InChI is InChI=1S/C14H19NO4/c1-4-15(9-13(17)19-5-2)14(18)11-7-6-10(3)8-12(11)16/h6-8,16H,4-5,9H2,1-3H3. The molecule has 0 heterocycles. The summed E-state index contributed by atoms with van der Waals surface area (Å²) in [5.74, 6) is -0.912. The number of amides is 1. The van der Waals surface area contributed by atoms with E-state index in [2.05, 4.69) is 0 Å². The van der Waals surface area contributed by atoms with Crippen LogP contribution in [-0.2, 0) is 9.53 Å². The topological polar surface area (TPSA) is 66.8 Å². The van der Waals surface area contributed by atoms with Gasteiger partial charge in [0.1, 0.15) is 12.3 Å². The fourth-order valence-electron chi connectivity index (χ4n) is 1.68. The normalized spacial score (nSPS) is 10.1. The van der Waals surface area contributed by atoms with Crippen LogP contribution in [0.3, 0.4) is 0 Å². The molecule has 0 saturated heterocycles. The number of esters is 1. The van der Waals surface area contributed by atoms with Crippen molar-refractivity contribution < 1.29 is 19.4 Å². The largest absolute Gasteiger partial charge is 0.507 e. The number of rotatable bonds is 5. The van der Waals surface area contributed by atoms with Gasteiger partial charge in [-0.2, -0.15) is 0 Å². The van der Waals surface area contributed by atoms with Gasteiger partial charge in [-0.3, -0.25) is 9.59 Å². The minimum absolute atomic E-state index is 0.0766. The molecule has 0 saturated carbocycles. The number of aromatic hydroxyl groups is 1. The van der Waals surface area contributed by atoms with Gasteiger partial charge in [-0.1, -0.05) is 6.07 Å². The van der Waals surface area contributed by atoms with Crippen LogP contribution in [0, 0.1) is 6.92 Å². The van der Waals surface area contributed by atoms with E-state index < -0.39 is 5.97 Å². The summed E-state index contributed by atoms with van der Waals surface area (Å²) >= 11 is 0. The van der Waals surface area contributed by atoms with Gasteiger partial charge in [0.15, 0.2) is 0 Å². The minimum atomic E-state index is -0.454. The van der Waals surface area contributed by atoms with Crippen LogP contribution in [0.1, 0.15) is 29.8 Å². The van der Waals surface area contributed by atoms with Crippen molar-refractivity contribution in [3.63, 3.8) is 0 Å². The van der Waals surface area contributed by atoms with Crippen molar-refractivity contribution in [2.24, 2.45) is 0 Å². The van der Waals surface area contributed by atoms with Crippen LogP contribution < -0.4 is 0 Å². The van der Waals surface area contributed by atoms with Crippen LogP contribution in [0.15, 0.2) is 18.2 Å². The molecule has 1 amide bonds. The van der Waals surface area contributed by atoms with Crippen LogP contribution in [0.2, 0.25) is 0 Å². The molecule has 0 aromatic heterocycles. The Kier molecular flexibility index (Phi) is 5.36. The molecule has 19 heavy (non-hydrogen) atoms. The first kappa shape index (κ1) is 15.0. The van der Waals surface area contributed by atoms with Crippen molar-refractivity contribution in [1.29, 1.82) is 0 Å². The Morgan fingerprint density at radius 3 is 2.53 bits per heavy atom. The second kappa shape index (κ2) is 6.78. The smallest absolute Gasteiger partial charge is 0.325 e. The van der Waals surface area contributed by atoms with E-state index in [-0.39, 0.29) is 30.4 Å². The van der Waals surface area contributed by atoms with Gasteiger partial charge in [0.05, 0.1) is 12.2 Å². The first-order valence-electron chi connectivity index (χ1n) is 6.24. The van der Waals surface area contributed by atoms with Gasteiger partial charge in [0.2, 0.25) is 0 Å². The molecule has 0 aliphatic rings. The summed E-state index contributed by atoms with van der Waals surface area (Å²) in [5.41, 5.74) is 1.05. The summed E-state index contributed by atoms with van der Waals surface area (Å²) in [6, 6.07) is 4.82. The fraction of sp³-hybridized carbons (Fsp3) is 0.429. The van der Waals surface area contributed by atoms with E-state index in [1.165, 1.54) is 11.0 Å². The van der Waals surface area contributed by atoms with Crippen LogP contribution in [0.5, 0.6) is 5.75 Å². The van der Waals surface area contributed by atoms with Crippen molar-refractivity contribution in [2.45, 2.75) is 20.8 Å². The molecule has 1 aromatic rings. The second-order valence-electron chi connectivity index (χ2n) is 4.14. The Labute approximate surface area is 112 Å². The van der Waals surface area contributed by atoms with Gasteiger partial charge in [-0.15, -0.1) is 0 Å². The molecule has 0 radical (unpaired) electrons. The maximum atomic E-state index is 12.2. The van der Waals surface area contributed by atoms with Crippen LogP contribution in [0.25, 0.3) is 0 Å². The Hall–Kier alpha value is -2.04. The van der Waals surface area contributed by atoms with Crippen molar-refractivity contribution in [3.8, 4) is 5.75 Å². The highest BCUT2D eigenvalue weighted by molar-refractivity contribution is 5.98. The average molecular weight is 265 g/mol. The predicted octanol–water partition coefficient (Wildman–Crippen LogP) is 1.73. The number of phenolic OH excluding ortho intramolecular Hbond substituents is 1. The number of hydrogen-bond donors (Lipinski definition) is 1. The van der Waals surface area contributed by atoms with Gasteiger partial charge in [0.25, 0.3) is 5.91 Å². The Morgan fingerprint density at radius 1 is 1.32 bits per heavy atom. The Balaban J connectivity index is 2.86. The van der Waals surface area contributed by atoms with E-state index >= 15 is 0 Å². The molecule has 0 unspecified atom stereocenters. The van der Waals surface area contributed by atoms with E-state index in [0.29, 0.717) is 6.54 Å². The van der Waals surface area contributed by atoms with Gasteiger partial charge in [-0.05, 0) is 38.5 Å². The third-order valence-corrected chi connectivity index (χ3v) is 2.68. The lowest BCUT2D eigenvalue weighted by atomic mass is 10.1. The lowest BCUT2D eigenvalue weighted by molar-refractivity contribution is -0.143. The fourth-order valence-corrected chi connectivity index (χ4v) is 1.68. The van der Waals surface area contributed by atoms with E-state index in [4.69, 9.17) is 4.74 Å². The van der Waals surface area contributed by atoms with E-state index in [9.17, 15) is 14.7 Å². The predicted molar refractivity (Wildman–Crippen MR) is 71.1 cm³/mol. The summed E-state index contributed by atoms with van der Waals surface area (Å²) in [5, 5.41) is 9.78. The molecule has 5 heteroatoms. The van der Waals surface area contributed by atoms with Crippen molar-refractivity contribution >= 4 is 11.9 Å². The van der Waals surface area contributed by atoms with Crippen LogP contribution in [0.4, 0.5) is 0 Å². The van der Waals surface area contributed by atoms with Crippen molar-refractivity contribution in [1.82, 2.24) is 4.90 Å². The molecule has 1 rings (SSSR count). The van der Waals surface area contributed by atoms with Crippen molar-refractivity contribution in [3.05, 3.63) is 29.3 Å². The number of carbonyl (C=O) groups is 2. The lowest BCUT2D eigenvalue weighted by Gasteiger charge is -2.20. The average Bonchev–Trinajstić information content (AvgIpc) is 2.35. The first-order valence-corrected chi connectivity index (χ1v) is 6.24. The molecule has 0 atom stereocenters. The molecule has 0 aliphatic heterocycles. The number of ether oxygens (including phenoxy) is 1. The molecule has 1 N–H and O–H groups in total. The molecular formula is C14H19NO4. The molecule has 1 aromatic carbocycles. The number of hydrogen-bond acceptors (Lipinski definition) is 4. The Bertz CT molecular complexity index is 471. The molecule has 5 nitrogen and oxygen atoms in total. The van der Waals surface area contributed by atoms with E-state index in [1.807, 2.05) is 6.92 Å². The molecule has 104 valence electrons. The highest BCUT2D eigenvalue weighted by atomic mass is 16.5. The molecule has 0 fully saturated rings. The van der Waals surface area contributed by atoms with E-state index in [1.54, 1.807) is 26.0 Å². The maximum absolute atomic E-state index is 12.2. The number of aryl methyl sites for hydroxylation is 1. The molecule has 0 aliphatic carbocycles. The minimum Gasteiger partial charge on any atom is -0.507 e. The zero-order valence-corrected chi connectivity index (χ0v) is 11.5. The second-order valence-corrected chi connectivity index (χ2v) is 4.14. The summed E-state index contributed by atoms with van der Waals surface area (Å²) in [6.07, 6.45) is 0. The number of carbonyl (C=O) groups excluding carboxylic acids is 2. The Morgan fingerprint density at radius 2 is 2.00 bits per heavy atom. The lowest BCUT2D eigenvalue weighted by Crippen LogP contribution is -2.36. The monoisotopic (exact) mass is 265 g/mol. The SMILES string of the molecule is CCOC(=O)CN(CC)C(=O)c1ccc(C)cc1O. The maximum Gasteiger partial charge on any atom is 0.325 e. The molecule has 0 spiro atoms. The van der Waals surface area contributed by atoms with E-state index in [0.717, 1.165) is 5.56 Å². The van der Waals surface area contributed by atoms with Crippen LogP contribution >= 0.6 is 0 Å². The number of benzene rings is 1. The summed E-state index contributed by atoms with van der Waals surface area (Å²) in [7, 11) is 0.